The molecule has 1 aromatic carbocycles. The summed E-state index contributed by atoms with van der Waals surface area (Å²) >= 11 is 0. The summed E-state index contributed by atoms with van der Waals surface area (Å²) in [7, 11) is 0. The average molecular weight is 773 g/mol. The van der Waals surface area contributed by atoms with Crippen molar-refractivity contribution in [3.8, 4) is 0 Å². The molecule has 55 heavy (non-hydrogen) atoms. The molecule has 5 rings (SSSR count). The highest BCUT2D eigenvalue weighted by Crippen LogP contribution is 2.69. The monoisotopic (exact) mass is 772 g/mol. The van der Waals surface area contributed by atoms with E-state index in [0.29, 0.717) is 0 Å². The Kier molecular flexibility index (Phi) is 11.0. The van der Waals surface area contributed by atoms with Crippen LogP contribution in [-0.2, 0) is 66.7 Å². The molecule has 0 heterocycles. The van der Waals surface area contributed by atoms with Crippen LogP contribution in [0, 0.1) is 34.5 Å². The highest BCUT2D eigenvalue weighted by atomic mass is 16.6. The minimum absolute atomic E-state index is 0.128. The number of ether oxygens (including phenoxy) is 7. The maximum Gasteiger partial charge on any atom is 0.344 e. The molecular weight excluding hydrogens is 724 g/mol. The largest absolute Gasteiger partial charge is 0.461 e. The van der Waals surface area contributed by atoms with E-state index < -0.39 is 137 Å². The number of aliphatic hydroxyl groups is 1. The Morgan fingerprint density at radius 2 is 1.29 bits per heavy atom. The summed E-state index contributed by atoms with van der Waals surface area (Å²) in [6.07, 6.45) is -9.00. The topological polar surface area (TPSA) is 221 Å². The molecule has 0 amide bonds. The number of fused-ring (bicyclic) bond motifs is 5. The van der Waals surface area contributed by atoms with Crippen molar-refractivity contribution in [2.45, 2.75) is 117 Å². The molecule has 4 aliphatic rings. The second-order valence-electron chi connectivity index (χ2n) is 16.0. The fraction of sp³-hybridized carbons (Fsp3) is 0.641. The Hall–Kier alpha value is -4.86. The molecular formula is C39H48O16. The molecule has 1 aromatic rings. The summed E-state index contributed by atoms with van der Waals surface area (Å²) in [4.78, 5) is 106. The van der Waals surface area contributed by atoms with Crippen molar-refractivity contribution in [2.75, 3.05) is 6.61 Å². The van der Waals surface area contributed by atoms with Gasteiger partial charge in [-0.1, -0.05) is 32.0 Å². The first kappa shape index (κ1) is 41.3. The highest BCUT2D eigenvalue weighted by molar-refractivity contribution is 5.91. The number of carbonyl (C=O) groups excluding carboxylic acids is 8. The smallest absolute Gasteiger partial charge is 0.344 e. The third-order valence-electron chi connectivity index (χ3n) is 11.8. The van der Waals surface area contributed by atoms with Gasteiger partial charge in [0.2, 0.25) is 0 Å². The lowest BCUT2D eigenvalue weighted by Gasteiger charge is -2.58. The quantitative estimate of drug-likeness (QED) is 0.281. The van der Waals surface area contributed by atoms with Crippen molar-refractivity contribution in [3.05, 3.63) is 35.9 Å². The van der Waals surface area contributed by atoms with E-state index in [1.165, 1.54) is 19.1 Å². The minimum atomic E-state index is -2.38. The number of hydrogen-bond donors (Lipinski definition) is 1. The van der Waals surface area contributed by atoms with E-state index in [4.69, 9.17) is 33.2 Å². The Morgan fingerprint density at radius 3 is 1.84 bits per heavy atom. The van der Waals surface area contributed by atoms with E-state index in [1.54, 1.807) is 39.0 Å². The maximum atomic E-state index is 14.6. The Morgan fingerprint density at radius 1 is 0.709 bits per heavy atom. The molecule has 0 unspecified atom stereocenters. The van der Waals surface area contributed by atoms with Crippen LogP contribution in [0.5, 0.6) is 0 Å². The van der Waals surface area contributed by atoms with Crippen molar-refractivity contribution in [1.82, 2.24) is 0 Å². The normalized spacial score (nSPS) is 36.8. The molecule has 4 fully saturated rings. The fourth-order valence-corrected chi connectivity index (χ4v) is 10.2. The Balaban J connectivity index is 1.90. The van der Waals surface area contributed by atoms with Crippen LogP contribution in [0.4, 0.5) is 0 Å². The predicted molar refractivity (Wildman–Crippen MR) is 184 cm³/mol. The van der Waals surface area contributed by atoms with Gasteiger partial charge in [-0.3, -0.25) is 28.8 Å². The van der Waals surface area contributed by atoms with Gasteiger partial charge >= 0.3 is 41.8 Å². The van der Waals surface area contributed by atoms with E-state index in [-0.39, 0.29) is 12.0 Å². The van der Waals surface area contributed by atoms with Gasteiger partial charge in [0.25, 0.3) is 0 Å². The first-order valence-electron chi connectivity index (χ1n) is 18.1. The summed E-state index contributed by atoms with van der Waals surface area (Å²) in [5.41, 5.74) is -8.05. The predicted octanol–water partition coefficient (Wildman–Crippen LogP) is 2.44. The number of benzene rings is 1. The van der Waals surface area contributed by atoms with Crippen LogP contribution in [0.25, 0.3) is 0 Å². The molecule has 0 spiro atoms. The molecule has 0 aromatic heterocycles. The molecule has 2 bridgehead atoms. The number of ketones is 1. The number of Topliss-reactive ketones (excluding diaryl/α,β-unsaturated/α-hetero) is 1. The lowest BCUT2D eigenvalue weighted by atomic mass is 9.53. The fourth-order valence-electron chi connectivity index (χ4n) is 10.2. The summed E-state index contributed by atoms with van der Waals surface area (Å²) in [5.74, 6) is -11.8. The molecule has 16 nitrogen and oxygen atoms in total. The van der Waals surface area contributed by atoms with Gasteiger partial charge in [-0.15, -0.1) is 0 Å². The van der Waals surface area contributed by atoms with Crippen LogP contribution in [0.2, 0.25) is 0 Å². The van der Waals surface area contributed by atoms with Crippen LogP contribution in [0.1, 0.15) is 85.5 Å². The molecule has 4 saturated carbocycles. The second-order valence-corrected chi connectivity index (χ2v) is 16.0. The van der Waals surface area contributed by atoms with Crippen LogP contribution in [0.15, 0.2) is 30.3 Å². The van der Waals surface area contributed by atoms with Crippen LogP contribution in [-0.4, -0.2) is 101 Å². The minimum Gasteiger partial charge on any atom is -0.461 e. The molecule has 1 N–H and O–H groups in total. The van der Waals surface area contributed by atoms with Crippen molar-refractivity contribution >= 4 is 47.6 Å². The van der Waals surface area contributed by atoms with Gasteiger partial charge in [0.05, 0.1) is 22.3 Å². The van der Waals surface area contributed by atoms with Gasteiger partial charge in [0.1, 0.15) is 29.7 Å². The summed E-state index contributed by atoms with van der Waals surface area (Å²) in [6.45, 7) is 10.6. The van der Waals surface area contributed by atoms with Crippen LogP contribution < -0.4 is 0 Å². The number of esters is 7. The Labute approximate surface area is 317 Å². The average Bonchev–Trinajstić information content (AvgIpc) is 3.42. The number of rotatable bonds is 9. The zero-order chi connectivity index (χ0) is 41.0. The van der Waals surface area contributed by atoms with Gasteiger partial charge in [-0.05, 0) is 38.3 Å². The van der Waals surface area contributed by atoms with Crippen LogP contribution >= 0.6 is 0 Å². The van der Waals surface area contributed by atoms with Gasteiger partial charge in [-0.2, -0.15) is 0 Å². The first-order chi connectivity index (χ1) is 25.5. The van der Waals surface area contributed by atoms with E-state index in [0.717, 1.165) is 34.6 Å². The van der Waals surface area contributed by atoms with Gasteiger partial charge < -0.3 is 38.3 Å². The third kappa shape index (κ3) is 6.97. The lowest BCUT2D eigenvalue weighted by molar-refractivity contribution is -0.276. The summed E-state index contributed by atoms with van der Waals surface area (Å²) in [5, 5.41) is 13.4. The SMILES string of the molecule is CC(=O)OCC(=O)O[C@@H]1[C@@H]2[C@@H](OC(=O)c3ccccc3)[C@@H](C)C[C@@]2(O)[C@@H](OC(C)=O)[C@@]2(C)[C@@H]3[C@@H](C[C@@]1(OC(C)=O)[C@@H]2OC(C)=O)C(=O)C(C)(C)[C@H]3OC(C)=O. The van der Waals surface area contributed by atoms with E-state index >= 15 is 0 Å². The first-order valence-corrected chi connectivity index (χ1v) is 18.1. The molecule has 300 valence electrons. The van der Waals surface area contributed by atoms with Gasteiger partial charge in [-0.25, -0.2) is 9.59 Å². The number of hydrogen-bond acceptors (Lipinski definition) is 16. The zero-order valence-electron chi connectivity index (χ0n) is 32.3. The molecule has 4 aliphatic carbocycles. The lowest BCUT2D eigenvalue weighted by Crippen LogP contribution is -2.72. The third-order valence-corrected chi connectivity index (χ3v) is 11.8. The van der Waals surface area contributed by atoms with Crippen molar-refractivity contribution in [1.29, 1.82) is 0 Å². The van der Waals surface area contributed by atoms with E-state index in [1.807, 2.05) is 0 Å². The van der Waals surface area contributed by atoms with E-state index in [9.17, 15) is 43.5 Å². The zero-order valence-corrected chi connectivity index (χ0v) is 32.3. The molecule has 0 radical (unpaired) electrons. The second kappa shape index (κ2) is 14.7. The summed E-state index contributed by atoms with van der Waals surface area (Å²) in [6, 6.07) is 7.88. The van der Waals surface area contributed by atoms with E-state index in [2.05, 4.69) is 0 Å². The molecule has 0 aliphatic heterocycles. The van der Waals surface area contributed by atoms with Gasteiger partial charge in [0, 0.05) is 52.9 Å². The molecule has 0 saturated heterocycles. The van der Waals surface area contributed by atoms with Crippen molar-refractivity contribution < 1.29 is 76.6 Å². The highest BCUT2D eigenvalue weighted by Gasteiger charge is 2.84. The Bertz CT molecular complexity index is 1770. The standard InChI is InChI=1S/C39H48O16/c1-18-15-38(48)28(29(18)54-33(47)24-13-11-10-12-14-24)32(53-26(45)17-49-19(2)40)39(55-23(6)44)16-25-27(31(50-20(3)41)36(7,8)30(25)46)37(9,34(38)51-21(4)42)35(39)52-22(5)43/h10-14,18,25,27-29,31-32,34-35,48H,15-17H2,1-9H3/t18-,25+,27+,28-,29-,31-,32+,34-,35+,37+,38-,39-/m0/s1. The molecule has 16 heteroatoms. The van der Waals surface area contributed by atoms with Crippen molar-refractivity contribution in [2.24, 2.45) is 34.5 Å². The molecule has 12 atom stereocenters. The van der Waals surface area contributed by atoms with Crippen LogP contribution in [0.3, 0.4) is 0 Å². The van der Waals surface area contributed by atoms with Crippen molar-refractivity contribution in [3.63, 3.8) is 0 Å². The number of carbonyl (C=O) groups is 8. The van der Waals surface area contributed by atoms with Gasteiger partial charge in [0.15, 0.2) is 24.4 Å². The summed E-state index contributed by atoms with van der Waals surface area (Å²) < 4.78 is 41.5. The maximum absolute atomic E-state index is 14.6.